The minimum absolute atomic E-state index is 0.146. The number of hydrogen-bond acceptors (Lipinski definition) is 6. The first-order valence-corrected chi connectivity index (χ1v) is 6.76. The fraction of sp³-hybridized carbons (Fsp3) is 0.667. The molecule has 0 aromatic carbocycles. The molecule has 2 N–H and O–H groups in total. The number of halogens is 1. The van der Waals surface area contributed by atoms with E-state index in [9.17, 15) is 4.79 Å². The van der Waals surface area contributed by atoms with Crippen molar-refractivity contribution in [3.63, 3.8) is 0 Å². The molecule has 0 bridgehead atoms. The summed E-state index contributed by atoms with van der Waals surface area (Å²) in [6.45, 7) is 3.63. The molecule has 0 atom stereocenters. The second-order valence-corrected chi connectivity index (χ2v) is 4.44. The summed E-state index contributed by atoms with van der Waals surface area (Å²) in [4.78, 5) is 11.9. The van der Waals surface area contributed by atoms with E-state index < -0.39 is 0 Å². The fourth-order valence-corrected chi connectivity index (χ4v) is 1.72. The van der Waals surface area contributed by atoms with Gasteiger partial charge in [-0.3, -0.25) is 4.79 Å². The standard InChI is InChI=1S/C12H21ClN4O3/c1-19-7-5-14-3-4-15-10-9-16-17(6-8-20-2)12(18)11(10)13/h9,14-15H,3-8H2,1-2H3. The molecule has 0 aliphatic heterocycles. The van der Waals surface area contributed by atoms with Crippen molar-refractivity contribution in [2.75, 3.05) is 52.4 Å². The summed E-state index contributed by atoms with van der Waals surface area (Å²) in [5.74, 6) is 0. The molecule has 0 unspecified atom stereocenters. The molecular formula is C12H21ClN4O3. The lowest BCUT2D eigenvalue weighted by Gasteiger charge is -2.10. The molecule has 0 radical (unpaired) electrons. The first-order chi connectivity index (χ1) is 9.70. The molecule has 0 aliphatic rings. The van der Waals surface area contributed by atoms with Gasteiger partial charge in [0.15, 0.2) is 0 Å². The highest BCUT2D eigenvalue weighted by atomic mass is 35.5. The zero-order valence-corrected chi connectivity index (χ0v) is 12.6. The molecule has 0 spiro atoms. The Morgan fingerprint density at radius 2 is 2.00 bits per heavy atom. The molecule has 8 heteroatoms. The van der Waals surface area contributed by atoms with Crippen LogP contribution in [-0.2, 0) is 16.0 Å². The SMILES string of the molecule is COCCNCCNc1cnn(CCOC)c(=O)c1Cl. The van der Waals surface area contributed by atoms with Crippen LogP contribution in [0.25, 0.3) is 0 Å². The minimum atomic E-state index is -0.318. The maximum atomic E-state index is 11.9. The Hall–Kier alpha value is -1.15. The Labute approximate surface area is 123 Å². The first-order valence-electron chi connectivity index (χ1n) is 6.38. The van der Waals surface area contributed by atoms with Gasteiger partial charge in [-0.05, 0) is 0 Å². The summed E-state index contributed by atoms with van der Waals surface area (Å²) in [6.07, 6.45) is 1.55. The van der Waals surface area contributed by atoms with Crippen LogP contribution >= 0.6 is 11.6 Å². The van der Waals surface area contributed by atoms with Gasteiger partial charge < -0.3 is 20.1 Å². The second kappa shape index (κ2) is 9.71. The van der Waals surface area contributed by atoms with Gasteiger partial charge in [-0.2, -0.15) is 5.10 Å². The van der Waals surface area contributed by atoms with Crippen molar-refractivity contribution in [2.45, 2.75) is 6.54 Å². The number of ether oxygens (including phenoxy) is 2. The molecule has 0 saturated heterocycles. The molecule has 114 valence electrons. The van der Waals surface area contributed by atoms with Crippen LogP contribution in [0.5, 0.6) is 0 Å². The van der Waals surface area contributed by atoms with Crippen molar-refractivity contribution < 1.29 is 9.47 Å². The van der Waals surface area contributed by atoms with Crippen LogP contribution in [-0.4, -0.2) is 56.8 Å². The smallest absolute Gasteiger partial charge is 0.287 e. The van der Waals surface area contributed by atoms with Crippen molar-refractivity contribution >= 4 is 17.3 Å². The van der Waals surface area contributed by atoms with E-state index in [4.69, 9.17) is 21.1 Å². The van der Waals surface area contributed by atoms with Gasteiger partial charge in [0.1, 0.15) is 5.02 Å². The largest absolute Gasteiger partial charge is 0.383 e. The van der Waals surface area contributed by atoms with E-state index in [0.29, 0.717) is 32.0 Å². The highest BCUT2D eigenvalue weighted by molar-refractivity contribution is 6.32. The number of nitrogens with zero attached hydrogens (tertiary/aromatic N) is 2. The lowest BCUT2D eigenvalue weighted by Crippen LogP contribution is -2.28. The Balaban J connectivity index is 2.47. The highest BCUT2D eigenvalue weighted by Gasteiger charge is 2.08. The van der Waals surface area contributed by atoms with E-state index in [1.54, 1.807) is 20.4 Å². The van der Waals surface area contributed by atoms with Crippen molar-refractivity contribution in [3.05, 3.63) is 21.6 Å². The summed E-state index contributed by atoms with van der Waals surface area (Å²) < 4.78 is 11.1. The van der Waals surface area contributed by atoms with Gasteiger partial charge in [0.2, 0.25) is 0 Å². The highest BCUT2D eigenvalue weighted by Crippen LogP contribution is 2.14. The summed E-state index contributed by atoms with van der Waals surface area (Å²) in [5.41, 5.74) is 0.222. The van der Waals surface area contributed by atoms with Crippen LogP contribution in [0.2, 0.25) is 5.02 Å². The number of aromatic nitrogens is 2. The average Bonchev–Trinajstić information content (AvgIpc) is 2.46. The zero-order valence-electron chi connectivity index (χ0n) is 11.8. The van der Waals surface area contributed by atoms with Gasteiger partial charge in [0, 0.05) is 33.9 Å². The summed E-state index contributed by atoms with van der Waals surface area (Å²) in [5, 5.41) is 10.4. The maximum absolute atomic E-state index is 11.9. The predicted octanol–water partition coefficient (Wildman–Crippen LogP) is 0.191. The number of rotatable bonds is 10. The molecule has 0 fully saturated rings. The molecule has 0 saturated carbocycles. The second-order valence-electron chi connectivity index (χ2n) is 4.06. The van der Waals surface area contributed by atoms with Gasteiger partial charge in [0.25, 0.3) is 5.56 Å². The topological polar surface area (TPSA) is 77.4 Å². The maximum Gasteiger partial charge on any atom is 0.287 e. The van der Waals surface area contributed by atoms with E-state index in [2.05, 4.69) is 15.7 Å². The van der Waals surface area contributed by atoms with Gasteiger partial charge in [-0.25, -0.2) is 4.68 Å². The average molecular weight is 305 g/mol. The summed E-state index contributed by atoms with van der Waals surface area (Å²) >= 11 is 6.02. The molecule has 1 aromatic heterocycles. The third kappa shape index (κ3) is 5.46. The van der Waals surface area contributed by atoms with Crippen LogP contribution in [0.1, 0.15) is 0 Å². The van der Waals surface area contributed by atoms with E-state index in [1.165, 1.54) is 4.68 Å². The summed E-state index contributed by atoms with van der Waals surface area (Å²) in [7, 11) is 3.23. The molecule has 7 nitrogen and oxygen atoms in total. The third-order valence-corrected chi connectivity index (χ3v) is 2.96. The summed E-state index contributed by atoms with van der Waals surface area (Å²) in [6, 6.07) is 0. The minimum Gasteiger partial charge on any atom is -0.383 e. The van der Waals surface area contributed by atoms with E-state index in [-0.39, 0.29) is 10.6 Å². The molecule has 1 heterocycles. The van der Waals surface area contributed by atoms with Gasteiger partial charge in [0.05, 0.1) is 31.6 Å². The monoisotopic (exact) mass is 304 g/mol. The first kappa shape index (κ1) is 16.9. The number of nitrogens with one attached hydrogen (secondary N) is 2. The van der Waals surface area contributed by atoms with Crippen molar-refractivity contribution in [1.82, 2.24) is 15.1 Å². The zero-order chi connectivity index (χ0) is 14.8. The third-order valence-electron chi connectivity index (χ3n) is 2.59. The van der Waals surface area contributed by atoms with Gasteiger partial charge >= 0.3 is 0 Å². The predicted molar refractivity (Wildman–Crippen MR) is 78.6 cm³/mol. The molecule has 20 heavy (non-hydrogen) atoms. The molecular weight excluding hydrogens is 284 g/mol. The van der Waals surface area contributed by atoms with E-state index >= 15 is 0 Å². The lowest BCUT2D eigenvalue weighted by atomic mass is 10.4. The Morgan fingerprint density at radius 1 is 1.25 bits per heavy atom. The molecule has 1 aromatic rings. The Kier molecular flexibility index (Phi) is 8.20. The van der Waals surface area contributed by atoms with Crippen molar-refractivity contribution in [2.24, 2.45) is 0 Å². The molecule has 1 rings (SSSR count). The Bertz CT molecular complexity index is 453. The van der Waals surface area contributed by atoms with E-state index in [1.807, 2.05) is 0 Å². The molecule has 0 aliphatic carbocycles. The van der Waals surface area contributed by atoms with Gasteiger partial charge in [-0.15, -0.1) is 0 Å². The van der Waals surface area contributed by atoms with Crippen LogP contribution in [0.4, 0.5) is 5.69 Å². The van der Waals surface area contributed by atoms with Crippen LogP contribution < -0.4 is 16.2 Å². The normalized spacial score (nSPS) is 10.8. The van der Waals surface area contributed by atoms with Crippen LogP contribution in [0, 0.1) is 0 Å². The van der Waals surface area contributed by atoms with Crippen LogP contribution in [0.3, 0.4) is 0 Å². The van der Waals surface area contributed by atoms with Crippen molar-refractivity contribution in [3.8, 4) is 0 Å². The van der Waals surface area contributed by atoms with E-state index in [0.717, 1.165) is 13.1 Å². The lowest BCUT2D eigenvalue weighted by molar-refractivity contribution is 0.182. The quantitative estimate of drug-likeness (QED) is 0.601. The van der Waals surface area contributed by atoms with Crippen molar-refractivity contribution in [1.29, 1.82) is 0 Å². The number of methoxy groups -OCH3 is 2. The Morgan fingerprint density at radius 3 is 2.70 bits per heavy atom. The molecule has 0 amide bonds. The fourth-order valence-electron chi connectivity index (χ4n) is 1.51. The number of anilines is 1. The van der Waals surface area contributed by atoms with Crippen LogP contribution in [0.15, 0.2) is 11.0 Å². The number of hydrogen-bond donors (Lipinski definition) is 2. The van der Waals surface area contributed by atoms with Gasteiger partial charge in [-0.1, -0.05) is 11.6 Å².